The molecule has 0 spiro atoms. The first-order chi connectivity index (χ1) is 14.0. The van der Waals surface area contributed by atoms with E-state index in [1.54, 1.807) is 31.2 Å². The van der Waals surface area contributed by atoms with E-state index in [0.29, 0.717) is 28.9 Å². The number of nitrogens with zero attached hydrogens (tertiary/aromatic N) is 6. The fourth-order valence-corrected chi connectivity index (χ4v) is 3.36. The zero-order valence-corrected chi connectivity index (χ0v) is 15.2. The molecular formula is C19H14FN7O2. The molecule has 5 aromatic rings. The number of furan rings is 1. The van der Waals surface area contributed by atoms with E-state index in [2.05, 4.69) is 20.2 Å². The molecule has 1 unspecified atom stereocenters. The van der Waals surface area contributed by atoms with Gasteiger partial charge in [0.25, 0.3) is 0 Å². The van der Waals surface area contributed by atoms with Gasteiger partial charge in [-0.2, -0.15) is 14.6 Å². The molecule has 1 aromatic carbocycles. The summed E-state index contributed by atoms with van der Waals surface area (Å²) in [6, 6.07) is 9.47. The number of aromatic nitrogens is 6. The minimum Gasteiger partial charge on any atom is -0.461 e. The molecule has 4 aromatic heterocycles. The molecule has 29 heavy (non-hydrogen) atoms. The van der Waals surface area contributed by atoms with Crippen LogP contribution in [-0.2, 0) is 10.3 Å². The fraction of sp³-hybridized carbons (Fsp3) is 0.105. The van der Waals surface area contributed by atoms with E-state index < -0.39 is 11.4 Å². The van der Waals surface area contributed by atoms with Gasteiger partial charge in [-0.15, -0.1) is 5.10 Å². The molecular weight excluding hydrogens is 377 g/mol. The summed E-state index contributed by atoms with van der Waals surface area (Å²) in [6.45, 7) is 1.56. The summed E-state index contributed by atoms with van der Waals surface area (Å²) >= 11 is 0. The molecule has 0 aliphatic rings. The third-order valence-electron chi connectivity index (χ3n) is 4.86. The van der Waals surface area contributed by atoms with Crippen molar-refractivity contribution in [2.24, 2.45) is 0 Å². The quantitative estimate of drug-likeness (QED) is 0.468. The number of nitrogens with two attached hydrogens (primary N) is 1. The van der Waals surface area contributed by atoms with Crippen molar-refractivity contribution < 1.29 is 13.6 Å². The Balaban J connectivity index is 1.78. The molecule has 1 atom stereocenters. The van der Waals surface area contributed by atoms with Gasteiger partial charge in [-0.25, -0.2) is 14.1 Å². The predicted molar refractivity (Wildman–Crippen MR) is 101 cm³/mol. The van der Waals surface area contributed by atoms with Crippen LogP contribution in [0.25, 0.3) is 28.3 Å². The molecule has 9 nitrogen and oxygen atoms in total. The van der Waals surface area contributed by atoms with Crippen molar-refractivity contribution in [2.45, 2.75) is 12.5 Å². The zero-order valence-electron chi connectivity index (χ0n) is 15.2. The Labute approximate surface area is 162 Å². The lowest BCUT2D eigenvalue weighted by atomic mass is 9.93. The van der Waals surface area contributed by atoms with E-state index in [9.17, 15) is 9.18 Å². The van der Waals surface area contributed by atoms with Crippen LogP contribution < -0.4 is 5.73 Å². The van der Waals surface area contributed by atoms with Crippen LogP contribution in [0.2, 0.25) is 0 Å². The molecule has 0 amide bonds. The van der Waals surface area contributed by atoms with Crippen molar-refractivity contribution in [1.29, 1.82) is 0 Å². The topological polar surface area (TPSA) is 117 Å². The molecule has 0 radical (unpaired) electrons. The summed E-state index contributed by atoms with van der Waals surface area (Å²) in [5.74, 6) is 0.317. The molecule has 144 valence electrons. The van der Waals surface area contributed by atoms with Gasteiger partial charge in [0.15, 0.2) is 23.3 Å². The van der Waals surface area contributed by atoms with Gasteiger partial charge in [-0.05, 0) is 25.1 Å². The molecule has 5 rings (SSSR count). The zero-order chi connectivity index (χ0) is 20.2. The maximum absolute atomic E-state index is 14.5. The first-order valence-electron chi connectivity index (χ1n) is 8.68. The highest BCUT2D eigenvalue weighted by molar-refractivity contribution is 5.91. The van der Waals surface area contributed by atoms with Gasteiger partial charge >= 0.3 is 0 Å². The number of fused-ring (bicyclic) bond motifs is 3. The standard InChI is InChI=1S/C19H14FN7O2/c1-19(10-28,12-5-2-3-6-13(12)20)27-17-11(9-22-27)16-23-15(14-7-4-8-29-14)25-26(16)18(21)24-17/h2-10H,1H3,(H2,21,24). The second-order valence-electron chi connectivity index (χ2n) is 6.66. The molecule has 0 aliphatic carbocycles. The van der Waals surface area contributed by atoms with E-state index in [1.165, 1.54) is 33.8 Å². The summed E-state index contributed by atoms with van der Waals surface area (Å²) in [4.78, 5) is 20.9. The van der Waals surface area contributed by atoms with Crippen molar-refractivity contribution in [1.82, 2.24) is 29.4 Å². The van der Waals surface area contributed by atoms with Gasteiger partial charge in [0.05, 0.1) is 17.8 Å². The van der Waals surface area contributed by atoms with E-state index in [0.717, 1.165) is 0 Å². The Kier molecular flexibility index (Phi) is 3.50. The van der Waals surface area contributed by atoms with Gasteiger partial charge in [0, 0.05) is 5.56 Å². The number of carbonyl (C=O) groups is 1. The van der Waals surface area contributed by atoms with Gasteiger partial charge in [0.2, 0.25) is 11.8 Å². The predicted octanol–water partition coefficient (Wildman–Crippen LogP) is 2.42. The highest BCUT2D eigenvalue weighted by Gasteiger charge is 2.34. The second kappa shape index (κ2) is 5.96. The van der Waals surface area contributed by atoms with Crippen LogP contribution in [-0.4, -0.2) is 35.6 Å². The number of hydrogen-bond donors (Lipinski definition) is 1. The second-order valence-corrected chi connectivity index (χ2v) is 6.66. The van der Waals surface area contributed by atoms with E-state index in [4.69, 9.17) is 10.2 Å². The molecule has 0 bridgehead atoms. The summed E-state index contributed by atoms with van der Waals surface area (Å²) < 4.78 is 22.5. The van der Waals surface area contributed by atoms with Gasteiger partial charge in [0.1, 0.15) is 11.4 Å². The molecule has 4 heterocycles. The molecule has 2 N–H and O–H groups in total. The third-order valence-corrected chi connectivity index (χ3v) is 4.86. The van der Waals surface area contributed by atoms with E-state index in [1.807, 2.05) is 0 Å². The summed E-state index contributed by atoms with van der Waals surface area (Å²) in [7, 11) is 0. The highest BCUT2D eigenvalue weighted by Crippen LogP contribution is 2.31. The van der Waals surface area contributed by atoms with Gasteiger partial charge in [-0.3, -0.25) is 0 Å². The SMILES string of the molecule is CC(C=O)(c1ccccc1F)n1ncc2c1nc(N)n1nc(-c3ccco3)nc21. The van der Waals surface area contributed by atoms with Crippen LogP contribution >= 0.6 is 0 Å². The molecule has 0 fully saturated rings. The van der Waals surface area contributed by atoms with Crippen LogP contribution in [0.3, 0.4) is 0 Å². The van der Waals surface area contributed by atoms with Crippen molar-refractivity contribution in [3.63, 3.8) is 0 Å². The number of aldehydes is 1. The Bertz CT molecular complexity index is 1370. The largest absolute Gasteiger partial charge is 0.461 e. The van der Waals surface area contributed by atoms with Crippen LogP contribution in [0.4, 0.5) is 10.3 Å². The number of rotatable bonds is 4. The average Bonchev–Trinajstić information content (AvgIpc) is 3.46. The summed E-state index contributed by atoms with van der Waals surface area (Å²) in [6.07, 6.45) is 3.64. The average molecular weight is 391 g/mol. The van der Waals surface area contributed by atoms with Crippen molar-refractivity contribution in [3.05, 3.63) is 60.2 Å². The van der Waals surface area contributed by atoms with Gasteiger partial charge < -0.3 is 14.9 Å². The molecule has 0 aliphatic heterocycles. The van der Waals surface area contributed by atoms with Crippen LogP contribution in [0.5, 0.6) is 0 Å². The van der Waals surface area contributed by atoms with Gasteiger partial charge in [-0.1, -0.05) is 18.2 Å². The molecule has 10 heteroatoms. The van der Waals surface area contributed by atoms with Crippen molar-refractivity contribution in [2.75, 3.05) is 5.73 Å². The summed E-state index contributed by atoms with van der Waals surface area (Å²) in [5.41, 5.74) is 5.49. The molecule has 0 saturated carbocycles. The number of anilines is 1. The van der Waals surface area contributed by atoms with E-state index in [-0.39, 0.29) is 17.2 Å². The maximum atomic E-state index is 14.5. The lowest BCUT2D eigenvalue weighted by molar-refractivity contribution is -0.113. The number of nitrogen functional groups attached to an aromatic ring is 1. The lowest BCUT2D eigenvalue weighted by Gasteiger charge is -2.25. The van der Waals surface area contributed by atoms with Crippen LogP contribution in [0.15, 0.2) is 53.3 Å². The van der Waals surface area contributed by atoms with Crippen LogP contribution in [0.1, 0.15) is 12.5 Å². The Morgan fingerprint density at radius 3 is 2.72 bits per heavy atom. The fourth-order valence-electron chi connectivity index (χ4n) is 3.36. The molecule has 0 saturated heterocycles. The van der Waals surface area contributed by atoms with Crippen molar-refractivity contribution >= 4 is 28.9 Å². The third kappa shape index (κ3) is 2.35. The number of hydrogen-bond acceptors (Lipinski definition) is 7. The first kappa shape index (κ1) is 17.0. The number of halogens is 1. The highest BCUT2D eigenvalue weighted by atomic mass is 19.1. The van der Waals surface area contributed by atoms with Crippen molar-refractivity contribution in [3.8, 4) is 11.6 Å². The Hall–Kier alpha value is -4.08. The number of carbonyl (C=O) groups excluding carboxylic acids is 1. The lowest BCUT2D eigenvalue weighted by Crippen LogP contribution is -2.35. The monoisotopic (exact) mass is 391 g/mol. The minimum absolute atomic E-state index is 0.0429. The van der Waals surface area contributed by atoms with Crippen LogP contribution in [0, 0.1) is 5.82 Å². The smallest absolute Gasteiger partial charge is 0.225 e. The number of benzene rings is 1. The summed E-state index contributed by atoms with van der Waals surface area (Å²) in [5, 5.41) is 9.15. The Morgan fingerprint density at radius 2 is 2.00 bits per heavy atom. The normalized spacial score (nSPS) is 13.7. The first-order valence-corrected chi connectivity index (χ1v) is 8.68. The van der Waals surface area contributed by atoms with E-state index >= 15 is 0 Å². The Morgan fingerprint density at radius 1 is 1.17 bits per heavy atom. The maximum Gasteiger partial charge on any atom is 0.225 e. The minimum atomic E-state index is -1.44.